The number of rotatable bonds is 4. The Hall–Kier alpha value is -1.55. The molecule has 4 nitrogen and oxygen atoms in total. The van der Waals surface area contributed by atoms with E-state index >= 15 is 0 Å². The van der Waals surface area contributed by atoms with Crippen LogP contribution in [0.25, 0.3) is 0 Å². The zero-order valence-electron chi connectivity index (χ0n) is 16.5. The molecule has 3 aliphatic rings. The maximum absolute atomic E-state index is 12.4. The number of phenols is 1. The number of benzene rings is 1. The molecular formula is C23H32O4. The lowest BCUT2D eigenvalue weighted by atomic mass is 9.55. The average molecular weight is 373 g/mol. The van der Waals surface area contributed by atoms with E-state index in [1.54, 1.807) is 6.07 Å². The summed E-state index contributed by atoms with van der Waals surface area (Å²) in [7, 11) is 0. The van der Waals surface area contributed by atoms with E-state index < -0.39 is 5.97 Å². The van der Waals surface area contributed by atoms with Crippen molar-refractivity contribution >= 4 is 5.97 Å². The van der Waals surface area contributed by atoms with Crippen molar-refractivity contribution in [2.75, 3.05) is 6.61 Å². The van der Waals surface area contributed by atoms with Crippen LogP contribution in [0.1, 0.15) is 86.2 Å². The third kappa shape index (κ3) is 3.06. The molecule has 148 valence electrons. The van der Waals surface area contributed by atoms with Gasteiger partial charge in [0, 0.05) is 0 Å². The second-order valence-corrected chi connectivity index (χ2v) is 9.11. The van der Waals surface area contributed by atoms with Crippen molar-refractivity contribution in [3.63, 3.8) is 0 Å². The van der Waals surface area contributed by atoms with E-state index in [0.29, 0.717) is 29.9 Å². The highest BCUT2D eigenvalue weighted by Gasteiger charge is 2.54. The fraction of sp³-hybridized carbons (Fsp3) is 0.696. The van der Waals surface area contributed by atoms with Gasteiger partial charge in [-0.2, -0.15) is 0 Å². The normalized spacial score (nSPS) is 34.5. The Morgan fingerprint density at radius 3 is 2.85 bits per heavy atom. The highest BCUT2D eigenvalue weighted by Crippen LogP contribution is 2.61. The number of aliphatic hydroxyl groups is 1. The summed E-state index contributed by atoms with van der Waals surface area (Å²) >= 11 is 0. The Bertz CT molecular complexity index is 727. The molecule has 27 heavy (non-hydrogen) atoms. The van der Waals surface area contributed by atoms with Crippen molar-refractivity contribution in [1.82, 2.24) is 0 Å². The molecule has 3 aliphatic carbocycles. The molecule has 4 unspecified atom stereocenters. The minimum absolute atomic E-state index is 0.0469. The van der Waals surface area contributed by atoms with E-state index in [4.69, 9.17) is 4.74 Å². The number of phenolic OH excluding ortho intramolecular Hbond substituents is 1. The van der Waals surface area contributed by atoms with Crippen molar-refractivity contribution in [3.05, 3.63) is 28.8 Å². The third-order valence-corrected chi connectivity index (χ3v) is 7.74. The summed E-state index contributed by atoms with van der Waals surface area (Å²) in [4.78, 5) is 12.4. The van der Waals surface area contributed by atoms with Gasteiger partial charge in [-0.05, 0) is 91.4 Å². The number of aryl methyl sites for hydroxylation is 1. The lowest BCUT2D eigenvalue weighted by molar-refractivity contribution is -0.0226. The molecule has 0 bridgehead atoms. The summed E-state index contributed by atoms with van der Waals surface area (Å²) in [6.07, 6.45) is 7.81. The molecular weight excluding hydrogens is 340 g/mol. The van der Waals surface area contributed by atoms with Crippen LogP contribution in [0, 0.1) is 17.3 Å². The molecule has 4 rings (SSSR count). The monoisotopic (exact) mass is 372 g/mol. The first-order chi connectivity index (χ1) is 13.0. The molecule has 0 aliphatic heterocycles. The first-order valence-electron chi connectivity index (χ1n) is 10.7. The van der Waals surface area contributed by atoms with Crippen LogP contribution in [0.4, 0.5) is 0 Å². The minimum Gasteiger partial charge on any atom is -0.507 e. The molecule has 1 aromatic rings. The van der Waals surface area contributed by atoms with Gasteiger partial charge in [0.05, 0.1) is 12.7 Å². The maximum Gasteiger partial charge on any atom is 0.341 e. The zero-order valence-corrected chi connectivity index (χ0v) is 16.5. The molecule has 0 amide bonds. The van der Waals surface area contributed by atoms with Gasteiger partial charge >= 0.3 is 5.97 Å². The Morgan fingerprint density at radius 1 is 1.26 bits per heavy atom. The molecule has 1 aromatic carbocycles. The zero-order chi connectivity index (χ0) is 19.2. The SMILES string of the molecule is CCCCOC(=O)c1cc2c(cc1O)CCC1C2CC[C@]2(C)C(O)CCC12. The number of hydrogen-bond donors (Lipinski definition) is 2. The lowest BCUT2D eigenvalue weighted by Crippen LogP contribution is -2.44. The van der Waals surface area contributed by atoms with Crippen molar-refractivity contribution in [2.45, 2.75) is 77.2 Å². The fourth-order valence-corrected chi connectivity index (χ4v) is 6.13. The van der Waals surface area contributed by atoms with Gasteiger partial charge in [-0.25, -0.2) is 4.79 Å². The quantitative estimate of drug-likeness (QED) is 0.600. The van der Waals surface area contributed by atoms with Crippen molar-refractivity contribution < 1.29 is 19.7 Å². The van der Waals surface area contributed by atoms with Gasteiger partial charge in [-0.3, -0.25) is 0 Å². The maximum atomic E-state index is 12.4. The van der Waals surface area contributed by atoms with E-state index in [-0.39, 0.29) is 17.3 Å². The number of fused-ring (bicyclic) bond motifs is 5. The predicted molar refractivity (Wildman–Crippen MR) is 104 cm³/mol. The van der Waals surface area contributed by atoms with Gasteiger partial charge in [0.25, 0.3) is 0 Å². The van der Waals surface area contributed by atoms with Gasteiger partial charge < -0.3 is 14.9 Å². The first-order valence-corrected chi connectivity index (χ1v) is 10.7. The van der Waals surface area contributed by atoms with E-state index in [2.05, 4.69) is 13.8 Å². The van der Waals surface area contributed by atoms with Gasteiger partial charge in [0.2, 0.25) is 0 Å². The Morgan fingerprint density at radius 2 is 2.07 bits per heavy atom. The number of aliphatic hydroxyl groups excluding tert-OH is 1. The summed E-state index contributed by atoms with van der Waals surface area (Å²) in [5.74, 6) is 1.20. The van der Waals surface area contributed by atoms with Gasteiger partial charge in [-0.15, -0.1) is 0 Å². The van der Waals surface area contributed by atoms with Crippen LogP contribution in [-0.2, 0) is 11.2 Å². The standard InChI is InChI=1S/C23H32O4/c1-3-4-11-27-22(26)18-13-17-14(12-20(18)24)5-6-16-15(17)9-10-23(2)19(16)7-8-21(23)25/h12-13,15-16,19,21,24-25H,3-11H2,1-2H3/t15?,16?,19?,21?,23-/m0/s1. The first kappa shape index (κ1) is 18.8. The second-order valence-electron chi connectivity index (χ2n) is 9.11. The highest BCUT2D eigenvalue weighted by atomic mass is 16.5. The number of unbranched alkanes of at least 4 members (excludes halogenated alkanes) is 1. The van der Waals surface area contributed by atoms with Gasteiger partial charge in [0.15, 0.2) is 0 Å². The van der Waals surface area contributed by atoms with E-state index in [1.807, 2.05) is 6.07 Å². The molecule has 2 N–H and O–H groups in total. The molecule has 4 heteroatoms. The topological polar surface area (TPSA) is 66.8 Å². The van der Waals surface area contributed by atoms with E-state index in [1.165, 1.54) is 11.1 Å². The number of carbonyl (C=O) groups is 1. The molecule has 0 spiro atoms. The summed E-state index contributed by atoms with van der Waals surface area (Å²) in [6, 6.07) is 3.70. The summed E-state index contributed by atoms with van der Waals surface area (Å²) in [6.45, 7) is 4.73. The van der Waals surface area contributed by atoms with Crippen LogP contribution in [0.3, 0.4) is 0 Å². The highest BCUT2D eigenvalue weighted by molar-refractivity contribution is 5.93. The number of ether oxygens (including phenoxy) is 1. The summed E-state index contributed by atoms with van der Waals surface area (Å²) in [5.41, 5.74) is 2.78. The van der Waals surface area contributed by atoms with E-state index in [0.717, 1.165) is 51.4 Å². The molecule has 0 heterocycles. The molecule has 5 atom stereocenters. The Balaban J connectivity index is 1.62. The van der Waals surface area contributed by atoms with Crippen LogP contribution >= 0.6 is 0 Å². The number of aromatic hydroxyl groups is 1. The number of hydrogen-bond acceptors (Lipinski definition) is 4. The van der Waals surface area contributed by atoms with Crippen LogP contribution in [0.15, 0.2) is 12.1 Å². The largest absolute Gasteiger partial charge is 0.507 e. The van der Waals surface area contributed by atoms with Crippen molar-refractivity contribution in [2.24, 2.45) is 17.3 Å². The molecule has 2 fully saturated rings. The van der Waals surface area contributed by atoms with Crippen LogP contribution in [0.2, 0.25) is 0 Å². The molecule has 0 saturated heterocycles. The molecule has 0 radical (unpaired) electrons. The second kappa shape index (κ2) is 7.12. The summed E-state index contributed by atoms with van der Waals surface area (Å²) < 4.78 is 5.34. The molecule has 2 saturated carbocycles. The lowest BCUT2D eigenvalue weighted by Gasteiger charge is -2.50. The van der Waals surface area contributed by atoms with Gasteiger partial charge in [-0.1, -0.05) is 20.3 Å². The van der Waals surface area contributed by atoms with E-state index in [9.17, 15) is 15.0 Å². The fourth-order valence-electron chi connectivity index (χ4n) is 6.13. The van der Waals surface area contributed by atoms with Crippen molar-refractivity contribution in [3.8, 4) is 5.75 Å². The smallest absolute Gasteiger partial charge is 0.341 e. The Labute approximate surface area is 161 Å². The minimum atomic E-state index is -0.414. The summed E-state index contributed by atoms with van der Waals surface area (Å²) in [5, 5.41) is 20.9. The van der Waals surface area contributed by atoms with Crippen LogP contribution in [0.5, 0.6) is 5.75 Å². The van der Waals surface area contributed by atoms with Crippen LogP contribution in [-0.4, -0.2) is 28.9 Å². The van der Waals surface area contributed by atoms with Gasteiger partial charge in [0.1, 0.15) is 11.3 Å². The number of esters is 1. The third-order valence-electron chi connectivity index (χ3n) is 7.74. The van der Waals surface area contributed by atoms with Crippen molar-refractivity contribution in [1.29, 1.82) is 0 Å². The number of carbonyl (C=O) groups excluding carboxylic acids is 1. The average Bonchev–Trinajstić information content (AvgIpc) is 2.96. The Kier molecular flexibility index (Phi) is 4.96. The molecule has 0 aromatic heterocycles. The van der Waals surface area contributed by atoms with Crippen LogP contribution < -0.4 is 0 Å². The predicted octanol–water partition coefficient (Wildman–Crippen LogP) is 4.57.